The van der Waals surface area contributed by atoms with Crippen LogP contribution in [0, 0.1) is 0 Å². The number of nitrogens with one attached hydrogen (secondary N) is 2. The second kappa shape index (κ2) is 12.1. The minimum atomic E-state index is -0.139. The lowest BCUT2D eigenvalue weighted by Crippen LogP contribution is -2.30. The summed E-state index contributed by atoms with van der Waals surface area (Å²) in [7, 11) is 0. The minimum absolute atomic E-state index is 0.0580. The van der Waals surface area contributed by atoms with Crippen LogP contribution in [0.3, 0.4) is 0 Å². The van der Waals surface area contributed by atoms with Crippen LogP contribution in [0.4, 0.5) is 0 Å². The van der Waals surface area contributed by atoms with Crippen LogP contribution >= 0.6 is 25.3 Å². The maximum absolute atomic E-state index is 11.5. The molecule has 20 heavy (non-hydrogen) atoms. The van der Waals surface area contributed by atoms with E-state index in [2.05, 4.69) is 42.5 Å². The molecule has 0 aromatic rings. The Kier molecular flexibility index (Phi) is 11.8. The fourth-order valence-corrected chi connectivity index (χ4v) is 2.38. The molecular weight excluding hydrogens is 292 g/mol. The topological polar surface area (TPSA) is 58.2 Å². The molecular formula is C14H26N2O2S2. The minimum Gasteiger partial charge on any atom is -0.356 e. The van der Waals surface area contributed by atoms with Crippen molar-refractivity contribution < 1.29 is 9.59 Å². The molecule has 2 amide bonds. The van der Waals surface area contributed by atoms with Gasteiger partial charge in [-0.1, -0.05) is 6.58 Å². The van der Waals surface area contributed by atoms with Gasteiger partial charge in [0.15, 0.2) is 0 Å². The van der Waals surface area contributed by atoms with Crippen molar-refractivity contribution in [3.8, 4) is 0 Å². The number of thiol groups is 2. The Labute approximate surface area is 133 Å². The SMILES string of the molecule is C=C(C)C(=O)NCCCNC(=O)CCCC(S)CCS. The molecule has 0 radical (unpaired) electrons. The van der Waals surface area contributed by atoms with E-state index >= 15 is 0 Å². The summed E-state index contributed by atoms with van der Waals surface area (Å²) in [6.45, 7) is 6.34. The number of carbonyl (C=O) groups is 2. The molecule has 0 fully saturated rings. The molecule has 0 heterocycles. The highest BCUT2D eigenvalue weighted by Crippen LogP contribution is 2.11. The fourth-order valence-electron chi connectivity index (χ4n) is 1.55. The van der Waals surface area contributed by atoms with E-state index in [1.54, 1.807) is 6.92 Å². The maximum Gasteiger partial charge on any atom is 0.246 e. The first-order valence-electron chi connectivity index (χ1n) is 6.96. The van der Waals surface area contributed by atoms with Crippen molar-refractivity contribution in [2.45, 2.75) is 44.3 Å². The second-order valence-electron chi connectivity index (χ2n) is 4.80. The highest BCUT2D eigenvalue weighted by molar-refractivity contribution is 7.81. The van der Waals surface area contributed by atoms with Crippen LogP contribution < -0.4 is 10.6 Å². The molecule has 0 rings (SSSR count). The van der Waals surface area contributed by atoms with Crippen LogP contribution in [-0.2, 0) is 9.59 Å². The van der Waals surface area contributed by atoms with Gasteiger partial charge in [0, 0.05) is 30.3 Å². The first kappa shape index (κ1) is 19.4. The monoisotopic (exact) mass is 318 g/mol. The average Bonchev–Trinajstić information content (AvgIpc) is 2.38. The zero-order valence-corrected chi connectivity index (χ0v) is 13.9. The Balaban J connectivity index is 3.45. The molecule has 0 aromatic heterocycles. The van der Waals surface area contributed by atoms with Crippen LogP contribution in [0.2, 0.25) is 0 Å². The lowest BCUT2D eigenvalue weighted by atomic mass is 10.1. The van der Waals surface area contributed by atoms with Gasteiger partial charge in [-0.2, -0.15) is 25.3 Å². The fraction of sp³-hybridized carbons (Fsp3) is 0.714. The highest BCUT2D eigenvalue weighted by atomic mass is 32.1. The van der Waals surface area contributed by atoms with Gasteiger partial charge < -0.3 is 10.6 Å². The van der Waals surface area contributed by atoms with Gasteiger partial charge in [-0.05, 0) is 38.4 Å². The first-order chi connectivity index (χ1) is 9.47. The molecule has 2 N–H and O–H groups in total. The Bertz CT molecular complexity index is 322. The molecule has 116 valence electrons. The van der Waals surface area contributed by atoms with Gasteiger partial charge in [0.1, 0.15) is 0 Å². The van der Waals surface area contributed by atoms with Gasteiger partial charge in [-0.25, -0.2) is 0 Å². The smallest absolute Gasteiger partial charge is 0.246 e. The van der Waals surface area contributed by atoms with Crippen molar-refractivity contribution in [3.63, 3.8) is 0 Å². The number of amides is 2. The van der Waals surface area contributed by atoms with Crippen molar-refractivity contribution in [2.75, 3.05) is 18.8 Å². The predicted octanol–water partition coefficient (Wildman–Crippen LogP) is 1.97. The molecule has 0 aliphatic carbocycles. The summed E-state index contributed by atoms with van der Waals surface area (Å²) in [4.78, 5) is 22.7. The van der Waals surface area contributed by atoms with Gasteiger partial charge in [0.2, 0.25) is 11.8 Å². The number of hydrogen-bond donors (Lipinski definition) is 4. The summed E-state index contributed by atoms with van der Waals surface area (Å²) in [5, 5.41) is 5.89. The van der Waals surface area contributed by atoms with Crippen LogP contribution in [0.25, 0.3) is 0 Å². The Morgan fingerprint density at radius 2 is 1.80 bits per heavy atom. The molecule has 6 heteroatoms. The number of hydrogen-bond acceptors (Lipinski definition) is 4. The van der Waals surface area contributed by atoms with Crippen LogP contribution in [0.1, 0.15) is 39.0 Å². The molecule has 1 unspecified atom stereocenters. The van der Waals surface area contributed by atoms with Gasteiger partial charge in [0.25, 0.3) is 0 Å². The van der Waals surface area contributed by atoms with E-state index in [0.717, 1.165) is 31.4 Å². The van der Waals surface area contributed by atoms with Crippen LogP contribution in [0.15, 0.2) is 12.2 Å². The van der Waals surface area contributed by atoms with Gasteiger partial charge in [-0.15, -0.1) is 0 Å². The number of rotatable bonds is 11. The van der Waals surface area contributed by atoms with E-state index in [-0.39, 0.29) is 11.8 Å². The molecule has 0 aromatic carbocycles. The lowest BCUT2D eigenvalue weighted by molar-refractivity contribution is -0.121. The third-order valence-corrected chi connectivity index (χ3v) is 3.53. The molecule has 0 aliphatic rings. The first-order valence-corrected chi connectivity index (χ1v) is 8.11. The zero-order valence-electron chi connectivity index (χ0n) is 12.2. The molecule has 0 spiro atoms. The van der Waals surface area contributed by atoms with Crippen molar-refractivity contribution in [1.82, 2.24) is 10.6 Å². The van der Waals surface area contributed by atoms with E-state index in [1.165, 1.54) is 0 Å². The average molecular weight is 319 g/mol. The third kappa shape index (κ3) is 11.2. The van der Waals surface area contributed by atoms with E-state index in [9.17, 15) is 9.59 Å². The molecule has 0 saturated carbocycles. The van der Waals surface area contributed by atoms with E-state index in [1.807, 2.05) is 0 Å². The Morgan fingerprint density at radius 3 is 2.40 bits per heavy atom. The predicted molar refractivity (Wildman–Crippen MR) is 90.5 cm³/mol. The number of carbonyl (C=O) groups excluding carboxylic acids is 2. The van der Waals surface area contributed by atoms with E-state index in [0.29, 0.717) is 30.3 Å². The van der Waals surface area contributed by atoms with Crippen molar-refractivity contribution in [3.05, 3.63) is 12.2 Å². The molecule has 0 aliphatic heterocycles. The van der Waals surface area contributed by atoms with E-state index in [4.69, 9.17) is 0 Å². The standard InChI is InChI=1S/C14H26N2O2S2/c1-11(2)14(18)16-9-4-8-15-13(17)6-3-5-12(20)7-10-19/h12,19-20H,1,3-10H2,2H3,(H,15,17)(H,16,18). The summed E-state index contributed by atoms with van der Waals surface area (Å²) >= 11 is 8.57. The summed E-state index contributed by atoms with van der Waals surface area (Å²) in [5.41, 5.74) is 0.497. The summed E-state index contributed by atoms with van der Waals surface area (Å²) < 4.78 is 0. The third-order valence-electron chi connectivity index (χ3n) is 2.75. The van der Waals surface area contributed by atoms with Crippen molar-refractivity contribution in [1.29, 1.82) is 0 Å². The lowest BCUT2D eigenvalue weighted by Gasteiger charge is -2.09. The summed E-state index contributed by atoms with van der Waals surface area (Å²) in [6, 6.07) is 0. The highest BCUT2D eigenvalue weighted by Gasteiger charge is 2.05. The molecule has 1 atom stereocenters. The normalized spacial score (nSPS) is 11.8. The Morgan fingerprint density at radius 1 is 1.15 bits per heavy atom. The molecule has 4 nitrogen and oxygen atoms in total. The molecule has 0 bridgehead atoms. The van der Waals surface area contributed by atoms with Gasteiger partial charge in [-0.3, -0.25) is 9.59 Å². The Hall–Kier alpha value is -0.620. The van der Waals surface area contributed by atoms with E-state index < -0.39 is 0 Å². The second-order valence-corrected chi connectivity index (χ2v) is 5.98. The van der Waals surface area contributed by atoms with Gasteiger partial charge >= 0.3 is 0 Å². The van der Waals surface area contributed by atoms with Crippen molar-refractivity contribution >= 4 is 37.1 Å². The maximum atomic E-state index is 11.5. The quantitative estimate of drug-likeness (QED) is 0.267. The summed E-state index contributed by atoms with van der Waals surface area (Å²) in [5.74, 6) is 0.749. The van der Waals surface area contributed by atoms with Crippen LogP contribution in [-0.4, -0.2) is 35.9 Å². The largest absolute Gasteiger partial charge is 0.356 e. The summed E-state index contributed by atoms with van der Waals surface area (Å²) in [6.07, 6.45) is 4.00. The van der Waals surface area contributed by atoms with Crippen LogP contribution in [0.5, 0.6) is 0 Å². The molecule has 0 saturated heterocycles. The zero-order chi connectivity index (χ0) is 15.4. The van der Waals surface area contributed by atoms with Gasteiger partial charge in [0.05, 0.1) is 0 Å². The van der Waals surface area contributed by atoms with Crippen molar-refractivity contribution in [2.24, 2.45) is 0 Å².